The first-order valence-electron chi connectivity index (χ1n) is 12.9. The minimum atomic E-state index is -4.54. The van der Waals surface area contributed by atoms with Crippen LogP contribution in [0.1, 0.15) is 36.1 Å². The predicted molar refractivity (Wildman–Crippen MR) is 149 cm³/mol. The highest BCUT2D eigenvalue weighted by Crippen LogP contribution is 2.49. The average molecular weight is 568 g/mol. The molecule has 3 aromatic carbocycles. The number of hydrogen-bond acceptors (Lipinski definition) is 8. The third-order valence-electron chi connectivity index (χ3n) is 6.65. The molecule has 212 valence electrons. The molecule has 1 aliphatic heterocycles. The second-order valence-corrected chi connectivity index (χ2v) is 11.1. The Morgan fingerprint density at radius 1 is 0.975 bits per heavy atom. The van der Waals surface area contributed by atoms with E-state index in [9.17, 15) is 19.7 Å². The lowest BCUT2D eigenvalue weighted by Crippen LogP contribution is -2.40. The number of ether oxygens (including phenoxy) is 3. The number of aliphatic hydroxyl groups excluding tert-OH is 2. The summed E-state index contributed by atoms with van der Waals surface area (Å²) in [5.74, 6) is 0.659. The van der Waals surface area contributed by atoms with E-state index in [4.69, 9.17) is 31.1 Å². The topological polar surface area (TPSA) is 124 Å². The molecule has 2 radical (unpaired) electrons. The predicted octanol–water partition coefficient (Wildman–Crippen LogP) is 3.66. The number of benzene rings is 3. The molecule has 40 heavy (non-hydrogen) atoms. The number of aliphatic hydroxyl groups is 2. The van der Waals surface area contributed by atoms with Crippen molar-refractivity contribution in [1.29, 1.82) is 0 Å². The highest BCUT2D eigenvalue weighted by atomic mass is 31.2. The lowest BCUT2D eigenvalue weighted by atomic mass is 9.79. The highest BCUT2D eigenvalue weighted by Gasteiger charge is 2.48. The maximum absolute atomic E-state index is 12.6. The van der Waals surface area contributed by atoms with Crippen molar-refractivity contribution >= 4 is 15.7 Å². The van der Waals surface area contributed by atoms with Gasteiger partial charge in [-0.2, -0.15) is 0 Å². The highest BCUT2D eigenvalue weighted by molar-refractivity contribution is 7.47. The van der Waals surface area contributed by atoms with E-state index in [0.717, 1.165) is 22.3 Å². The van der Waals surface area contributed by atoms with Crippen molar-refractivity contribution in [3.63, 3.8) is 0 Å². The van der Waals surface area contributed by atoms with Gasteiger partial charge in [0, 0.05) is 6.00 Å². The van der Waals surface area contributed by atoms with Crippen molar-refractivity contribution in [2.24, 2.45) is 0 Å². The maximum Gasteiger partial charge on any atom is 0.472 e. The Morgan fingerprint density at radius 2 is 1.55 bits per heavy atom. The quantitative estimate of drug-likeness (QED) is 0.171. The summed E-state index contributed by atoms with van der Waals surface area (Å²) >= 11 is 0. The normalized spacial score (nSPS) is 24.0. The van der Waals surface area contributed by atoms with E-state index in [1.165, 1.54) is 0 Å². The molecular weight excluding hydrogens is 534 g/mol. The summed E-state index contributed by atoms with van der Waals surface area (Å²) in [6.07, 6.45) is -4.31. The fourth-order valence-electron chi connectivity index (χ4n) is 4.78. The van der Waals surface area contributed by atoms with Gasteiger partial charge in [-0.1, -0.05) is 66.7 Å². The van der Waals surface area contributed by atoms with E-state index < -0.39 is 43.8 Å². The molecule has 0 aliphatic carbocycles. The van der Waals surface area contributed by atoms with E-state index in [1.54, 1.807) is 21.0 Å². The van der Waals surface area contributed by atoms with Crippen LogP contribution in [-0.4, -0.2) is 67.1 Å². The van der Waals surface area contributed by atoms with Gasteiger partial charge in [0.05, 0.1) is 26.4 Å². The van der Waals surface area contributed by atoms with Gasteiger partial charge in [-0.25, -0.2) is 4.57 Å². The summed E-state index contributed by atoms with van der Waals surface area (Å²) in [5.41, 5.74) is 1.81. The minimum Gasteiger partial charge on any atom is -0.497 e. The SMILES string of the molecule is [B][C@@H]1O[C@H](COC(c2ccccc2)(c2ccc(CO)cc2)c2ccc(OC)cc2)C(OP(=O)(O)OC(C)C)[C@@H]1O. The third-order valence-corrected chi connectivity index (χ3v) is 7.85. The molecule has 11 heteroatoms. The van der Waals surface area contributed by atoms with Gasteiger partial charge in [0.2, 0.25) is 0 Å². The summed E-state index contributed by atoms with van der Waals surface area (Å²) in [5, 5.41) is 20.3. The number of rotatable bonds is 12. The second-order valence-electron chi connectivity index (χ2n) is 9.76. The molecule has 0 saturated carbocycles. The molecule has 4 rings (SSSR count). The molecule has 1 aliphatic rings. The van der Waals surface area contributed by atoms with Gasteiger partial charge < -0.3 is 29.3 Å². The van der Waals surface area contributed by atoms with Crippen LogP contribution in [0.25, 0.3) is 0 Å². The average Bonchev–Trinajstić information content (AvgIpc) is 3.21. The van der Waals surface area contributed by atoms with E-state index in [-0.39, 0.29) is 13.2 Å². The summed E-state index contributed by atoms with van der Waals surface area (Å²) in [6, 6.07) is 23.1. The van der Waals surface area contributed by atoms with Crippen molar-refractivity contribution < 1.29 is 42.9 Å². The number of phosphoric acid groups is 1. The van der Waals surface area contributed by atoms with Gasteiger partial charge in [0.15, 0.2) is 0 Å². The summed E-state index contributed by atoms with van der Waals surface area (Å²) < 4.78 is 40.9. The Hall–Kier alpha value is -2.53. The van der Waals surface area contributed by atoms with E-state index >= 15 is 0 Å². The lowest BCUT2D eigenvalue weighted by molar-refractivity contribution is -0.0756. The fraction of sp³-hybridized carbons (Fsp3) is 0.379. The molecule has 3 N–H and O–H groups in total. The number of hydrogen-bond donors (Lipinski definition) is 3. The van der Waals surface area contributed by atoms with E-state index in [2.05, 4.69) is 0 Å². The molecule has 1 heterocycles. The Bertz CT molecular complexity index is 1220. The molecule has 9 nitrogen and oxygen atoms in total. The largest absolute Gasteiger partial charge is 0.497 e. The minimum absolute atomic E-state index is 0.119. The molecule has 1 fully saturated rings. The van der Waals surface area contributed by atoms with Crippen LogP contribution in [0.2, 0.25) is 0 Å². The fourth-order valence-corrected chi connectivity index (χ4v) is 5.93. The van der Waals surface area contributed by atoms with Crippen LogP contribution < -0.4 is 4.74 Å². The van der Waals surface area contributed by atoms with Crippen LogP contribution in [0.3, 0.4) is 0 Å². The Balaban J connectivity index is 1.77. The van der Waals surface area contributed by atoms with Crippen molar-refractivity contribution in [2.45, 2.75) is 56.5 Å². The van der Waals surface area contributed by atoms with Crippen molar-refractivity contribution in [3.8, 4) is 5.75 Å². The van der Waals surface area contributed by atoms with Crippen LogP contribution in [0.4, 0.5) is 0 Å². The zero-order chi connectivity index (χ0) is 28.9. The van der Waals surface area contributed by atoms with Crippen LogP contribution in [0, 0.1) is 0 Å². The van der Waals surface area contributed by atoms with Gasteiger partial charge in [0.25, 0.3) is 0 Å². The zero-order valence-electron chi connectivity index (χ0n) is 22.6. The molecular formula is C29H34BO9P. The third kappa shape index (κ3) is 6.68. The van der Waals surface area contributed by atoms with Gasteiger partial charge in [0.1, 0.15) is 37.5 Å². The van der Waals surface area contributed by atoms with Crippen LogP contribution in [-0.2, 0) is 35.3 Å². The van der Waals surface area contributed by atoms with Crippen molar-refractivity contribution in [3.05, 3.63) is 101 Å². The van der Waals surface area contributed by atoms with E-state index in [1.807, 2.05) is 78.9 Å². The maximum atomic E-state index is 12.6. The van der Waals surface area contributed by atoms with Gasteiger partial charge in [-0.3, -0.25) is 9.05 Å². The van der Waals surface area contributed by atoms with Crippen LogP contribution in [0.15, 0.2) is 78.9 Å². The lowest BCUT2D eigenvalue weighted by Gasteiger charge is -2.37. The molecule has 0 spiro atoms. The molecule has 0 aromatic heterocycles. The smallest absolute Gasteiger partial charge is 0.472 e. The molecule has 3 unspecified atom stereocenters. The van der Waals surface area contributed by atoms with Crippen LogP contribution in [0.5, 0.6) is 5.75 Å². The molecule has 0 amide bonds. The van der Waals surface area contributed by atoms with Gasteiger partial charge in [-0.05, 0) is 48.2 Å². The van der Waals surface area contributed by atoms with Crippen molar-refractivity contribution in [1.82, 2.24) is 0 Å². The monoisotopic (exact) mass is 568 g/mol. The molecule has 3 aromatic rings. The molecule has 6 atom stereocenters. The zero-order valence-corrected chi connectivity index (χ0v) is 23.5. The van der Waals surface area contributed by atoms with E-state index in [0.29, 0.717) is 5.75 Å². The summed E-state index contributed by atoms with van der Waals surface area (Å²) in [6.45, 7) is 2.88. The first kappa shape index (κ1) is 30.4. The van der Waals surface area contributed by atoms with Crippen LogP contribution >= 0.6 is 7.82 Å². The number of methoxy groups -OCH3 is 1. The second kappa shape index (κ2) is 13.0. The molecule has 0 bridgehead atoms. The standard InChI is InChI=1S/C29H34BO9P/c1-19(2)38-40(33,34)39-27-25(37-28(30)26(27)32)18-36-29(21-7-5-4-6-8-21,22-11-9-20(17-31)10-12-22)23-13-15-24(35-3)16-14-23/h4-16,19,25-28,31-32H,17-18H2,1-3H3,(H,33,34)/t25-,26+,27?,28-,29?/m1/s1. The summed E-state index contributed by atoms with van der Waals surface area (Å²) in [7, 11) is 3.00. The Labute approximate surface area is 235 Å². The Kier molecular flexibility index (Phi) is 9.87. The molecule has 1 saturated heterocycles. The van der Waals surface area contributed by atoms with Gasteiger partial charge in [-0.15, -0.1) is 0 Å². The first-order chi connectivity index (χ1) is 19.1. The van der Waals surface area contributed by atoms with Gasteiger partial charge >= 0.3 is 7.82 Å². The summed E-state index contributed by atoms with van der Waals surface area (Å²) in [4.78, 5) is 10.3. The van der Waals surface area contributed by atoms with Crippen molar-refractivity contribution in [2.75, 3.05) is 13.7 Å². The Morgan fingerprint density at radius 3 is 2.10 bits per heavy atom. The number of phosphoric ester groups is 1. The first-order valence-corrected chi connectivity index (χ1v) is 14.4.